The Morgan fingerprint density at radius 2 is 1.93 bits per heavy atom. The summed E-state index contributed by atoms with van der Waals surface area (Å²) in [6.07, 6.45) is 7.63. The quantitative estimate of drug-likeness (QED) is 0.221. The number of hydrogen-bond donors (Lipinski definition) is 2. The summed E-state index contributed by atoms with van der Waals surface area (Å²) in [6.45, 7) is 8.81. The van der Waals surface area contributed by atoms with Crippen LogP contribution in [-0.2, 0) is 11.3 Å². The van der Waals surface area contributed by atoms with Crippen LogP contribution in [0.2, 0.25) is 0 Å². The number of hydrogen-bond acceptors (Lipinski definition) is 4. The molecule has 2 fully saturated rings. The summed E-state index contributed by atoms with van der Waals surface area (Å²) >= 11 is 0. The molecule has 0 bridgehead atoms. The first kappa shape index (κ1) is 25.2. The summed E-state index contributed by atoms with van der Waals surface area (Å²) in [5.41, 5.74) is 2.43. The van der Waals surface area contributed by atoms with Gasteiger partial charge in [0.25, 0.3) is 0 Å². The van der Waals surface area contributed by atoms with Crippen molar-refractivity contribution in [2.45, 2.75) is 58.1 Å². The first-order valence-electron chi connectivity index (χ1n) is 11.3. The van der Waals surface area contributed by atoms with Gasteiger partial charge < -0.3 is 20.1 Å². The summed E-state index contributed by atoms with van der Waals surface area (Å²) < 4.78 is 11.7. The Kier molecular flexibility index (Phi) is 11.8. The van der Waals surface area contributed by atoms with Crippen molar-refractivity contribution in [2.75, 3.05) is 46.4 Å². The van der Waals surface area contributed by atoms with Gasteiger partial charge in [0.05, 0.1) is 19.3 Å². The third-order valence-electron chi connectivity index (χ3n) is 5.79. The number of benzene rings is 1. The van der Waals surface area contributed by atoms with Gasteiger partial charge in [-0.25, -0.2) is 0 Å². The molecule has 1 aromatic carbocycles. The van der Waals surface area contributed by atoms with E-state index in [9.17, 15) is 0 Å². The van der Waals surface area contributed by atoms with E-state index in [-0.39, 0.29) is 24.0 Å². The van der Waals surface area contributed by atoms with Crippen LogP contribution in [0.3, 0.4) is 0 Å². The molecule has 7 heteroatoms. The summed E-state index contributed by atoms with van der Waals surface area (Å²) in [6, 6.07) is 6.49. The van der Waals surface area contributed by atoms with E-state index in [1.54, 1.807) is 0 Å². The highest BCUT2D eigenvalue weighted by atomic mass is 127. The fourth-order valence-corrected chi connectivity index (χ4v) is 3.99. The Balaban J connectivity index is 0.00000320. The Bertz CT molecular complexity index is 644. The van der Waals surface area contributed by atoms with Crippen molar-refractivity contribution in [3.05, 3.63) is 29.3 Å². The van der Waals surface area contributed by atoms with Crippen molar-refractivity contribution in [1.29, 1.82) is 0 Å². The molecule has 6 nitrogen and oxygen atoms in total. The minimum atomic E-state index is 0. The van der Waals surface area contributed by atoms with Crippen molar-refractivity contribution in [3.63, 3.8) is 0 Å². The van der Waals surface area contributed by atoms with Crippen LogP contribution in [-0.4, -0.2) is 63.4 Å². The Morgan fingerprint density at radius 3 is 2.67 bits per heavy atom. The van der Waals surface area contributed by atoms with Crippen LogP contribution in [0.5, 0.6) is 5.75 Å². The molecule has 1 aliphatic carbocycles. The molecular formula is C23H39IN4O2. The maximum absolute atomic E-state index is 6.31. The Labute approximate surface area is 199 Å². The van der Waals surface area contributed by atoms with Crippen LogP contribution < -0.4 is 15.4 Å². The Hall–Kier alpha value is -1.06. The zero-order chi connectivity index (χ0) is 20.3. The molecule has 2 aliphatic rings. The number of unbranched alkanes of at least 4 members (excludes halogenated alkanes) is 1. The highest BCUT2D eigenvalue weighted by molar-refractivity contribution is 14.0. The van der Waals surface area contributed by atoms with E-state index in [2.05, 4.69) is 45.6 Å². The Morgan fingerprint density at radius 1 is 1.17 bits per heavy atom. The first-order chi connectivity index (χ1) is 14.2. The van der Waals surface area contributed by atoms with Crippen molar-refractivity contribution in [2.24, 2.45) is 4.99 Å². The normalized spacial score (nSPS) is 18.1. The molecule has 0 atom stereocenters. The number of nitrogens with one attached hydrogen (secondary N) is 2. The summed E-state index contributed by atoms with van der Waals surface area (Å²) in [4.78, 5) is 6.85. The average molecular weight is 530 g/mol. The number of morpholine rings is 1. The van der Waals surface area contributed by atoms with Gasteiger partial charge in [0.2, 0.25) is 0 Å². The molecule has 0 radical (unpaired) electrons. The van der Waals surface area contributed by atoms with Gasteiger partial charge in [-0.1, -0.05) is 12.1 Å². The molecule has 1 aliphatic heterocycles. The molecule has 3 rings (SSSR count). The van der Waals surface area contributed by atoms with E-state index in [4.69, 9.17) is 9.47 Å². The summed E-state index contributed by atoms with van der Waals surface area (Å²) in [5.74, 6) is 1.87. The molecule has 1 heterocycles. The molecule has 0 spiro atoms. The van der Waals surface area contributed by atoms with E-state index in [1.165, 1.54) is 43.2 Å². The molecule has 1 saturated heterocycles. The lowest BCUT2D eigenvalue weighted by atomic mass is 10.1. The van der Waals surface area contributed by atoms with E-state index >= 15 is 0 Å². The first-order valence-corrected chi connectivity index (χ1v) is 11.3. The molecule has 30 heavy (non-hydrogen) atoms. The monoisotopic (exact) mass is 530 g/mol. The van der Waals surface area contributed by atoms with Crippen molar-refractivity contribution >= 4 is 29.9 Å². The zero-order valence-electron chi connectivity index (χ0n) is 18.6. The third kappa shape index (κ3) is 8.59. The molecular weight excluding hydrogens is 491 g/mol. The second-order valence-electron chi connectivity index (χ2n) is 8.15. The van der Waals surface area contributed by atoms with E-state index in [1.807, 2.05) is 7.05 Å². The lowest BCUT2D eigenvalue weighted by Crippen LogP contribution is -2.38. The van der Waals surface area contributed by atoms with Gasteiger partial charge >= 0.3 is 0 Å². The van der Waals surface area contributed by atoms with Gasteiger partial charge in [-0.15, -0.1) is 24.0 Å². The minimum Gasteiger partial charge on any atom is -0.490 e. The number of ether oxygens (including phenoxy) is 2. The largest absolute Gasteiger partial charge is 0.490 e. The number of halogens is 1. The SMILES string of the molecule is CN=C(NCCCCN1CCOCC1)NCc1ccc(C)cc1OC1CCCC1.I. The van der Waals surface area contributed by atoms with Crippen molar-refractivity contribution < 1.29 is 9.47 Å². The standard InChI is InChI=1S/C23H38N4O2.HI/c1-19-9-10-20(22(17-19)29-21-7-3-4-8-21)18-26-23(24-2)25-11-5-6-12-27-13-15-28-16-14-27;/h9-10,17,21H,3-8,11-16,18H2,1-2H3,(H2,24,25,26);1H. The second-order valence-corrected chi connectivity index (χ2v) is 8.15. The van der Waals surface area contributed by atoms with Crippen LogP contribution in [0.1, 0.15) is 49.7 Å². The lowest BCUT2D eigenvalue weighted by Gasteiger charge is -2.26. The topological polar surface area (TPSA) is 58.1 Å². The molecule has 2 N–H and O–H groups in total. The van der Waals surface area contributed by atoms with Crippen LogP contribution in [0.25, 0.3) is 0 Å². The van der Waals surface area contributed by atoms with Gasteiger partial charge in [0.1, 0.15) is 5.75 Å². The smallest absolute Gasteiger partial charge is 0.191 e. The summed E-state index contributed by atoms with van der Waals surface area (Å²) in [7, 11) is 1.83. The molecule has 170 valence electrons. The van der Waals surface area contributed by atoms with Gasteiger partial charge in [-0.2, -0.15) is 0 Å². The van der Waals surface area contributed by atoms with Crippen LogP contribution in [0.15, 0.2) is 23.2 Å². The van der Waals surface area contributed by atoms with E-state index in [0.717, 1.165) is 64.1 Å². The van der Waals surface area contributed by atoms with Gasteiger partial charge in [0.15, 0.2) is 5.96 Å². The molecule has 0 amide bonds. The van der Waals surface area contributed by atoms with Crippen molar-refractivity contribution in [1.82, 2.24) is 15.5 Å². The molecule has 0 unspecified atom stereocenters. The number of aliphatic imine (C=N–C) groups is 1. The van der Waals surface area contributed by atoms with Crippen molar-refractivity contribution in [3.8, 4) is 5.75 Å². The third-order valence-corrected chi connectivity index (χ3v) is 5.79. The highest BCUT2D eigenvalue weighted by Crippen LogP contribution is 2.27. The maximum Gasteiger partial charge on any atom is 0.191 e. The van der Waals surface area contributed by atoms with Gasteiger partial charge in [0, 0.05) is 38.8 Å². The molecule has 0 aromatic heterocycles. The number of rotatable bonds is 9. The summed E-state index contributed by atoms with van der Waals surface area (Å²) in [5, 5.41) is 6.88. The fraction of sp³-hybridized carbons (Fsp3) is 0.696. The number of aryl methyl sites for hydroxylation is 1. The molecule has 1 saturated carbocycles. The number of nitrogens with zero attached hydrogens (tertiary/aromatic N) is 2. The van der Waals surface area contributed by atoms with E-state index in [0.29, 0.717) is 6.10 Å². The molecule has 1 aromatic rings. The minimum absolute atomic E-state index is 0. The predicted molar refractivity (Wildman–Crippen MR) is 134 cm³/mol. The number of guanidine groups is 1. The maximum atomic E-state index is 6.31. The van der Waals surface area contributed by atoms with E-state index < -0.39 is 0 Å². The van der Waals surface area contributed by atoms with Crippen LogP contribution in [0, 0.1) is 6.92 Å². The highest BCUT2D eigenvalue weighted by Gasteiger charge is 2.18. The lowest BCUT2D eigenvalue weighted by molar-refractivity contribution is 0.0372. The van der Waals surface area contributed by atoms with Crippen LogP contribution in [0.4, 0.5) is 0 Å². The van der Waals surface area contributed by atoms with Crippen LogP contribution >= 0.6 is 24.0 Å². The van der Waals surface area contributed by atoms with Gasteiger partial charge in [-0.3, -0.25) is 9.89 Å². The predicted octanol–water partition coefficient (Wildman–Crippen LogP) is 3.71. The van der Waals surface area contributed by atoms with Gasteiger partial charge in [-0.05, 0) is 63.6 Å². The second kappa shape index (κ2) is 14.1. The zero-order valence-corrected chi connectivity index (χ0v) is 21.0. The fourth-order valence-electron chi connectivity index (χ4n) is 3.99. The average Bonchev–Trinajstić information content (AvgIpc) is 3.25.